The summed E-state index contributed by atoms with van der Waals surface area (Å²) in [5.41, 5.74) is 3.26. The van der Waals surface area contributed by atoms with Gasteiger partial charge in [0, 0.05) is 39.0 Å². The van der Waals surface area contributed by atoms with Crippen LogP contribution >= 0.6 is 11.3 Å². The maximum Gasteiger partial charge on any atom is 0.214 e. The third-order valence-corrected chi connectivity index (χ3v) is 4.21. The van der Waals surface area contributed by atoms with Gasteiger partial charge in [0.2, 0.25) is 10.1 Å². The highest BCUT2D eigenvalue weighted by molar-refractivity contribution is 7.20. The van der Waals surface area contributed by atoms with E-state index in [0.29, 0.717) is 6.61 Å². The summed E-state index contributed by atoms with van der Waals surface area (Å²) in [6.07, 6.45) is 1.88. The quantitative estimate of drug-likeness (QED) is 0.708. The van der Waals surface area contributed by atoms with Gasteiger partial charge in [0.15, 0.2) is 0 Å². The van der Waals surface area contributed by atoms with Gasteiger partial charge in [-0.05, 0) is 6.07 Å². The van der Waals surface area contributed by atoms with Gasteiger partial charge in [-0.25, -0.2) is 9.50 Å². The molecule has 2 aromatic heterocycles. The molecular weight excluding hydrogens is 298 g/mol. The van der Waals surface area contributed by atoms with Gasteiger partial charge in [-0.1, -0.05) is 29.5 Å². The van der Waals surface area contributed by atoms with Gasteiger partial charge in [-0.3, -0.25) is 0 Å². The molecule has 22 heavy (non-hydrogen) atoms. The van der Waals surface area contributed by atoms with Gasteiger partial charge in [0.1, 0.15) is 0 Å². The molecule has 0 aliphatic rings. The Labute approximate surface area is 133 Å². The van der Waals surface area contributed by atoms with Crippen molar-refractivity contribution in [3.8, 4) is 11.3 Å². The average molecular weight is 317 g/mol. The molecule has 2 heterocycles. The molecule has 0 fully saturated rings. The van der Waals surface area contributed by atoms with Crippen molar-refractivity contribution < 1.29 is 4.74 Å². The number of methoxy groups -OCH3 is 1. The predicted octanol–water partition coefficient (Wildman–Crippen LogP) is 2.58. The summed E-state index contributed by atoms with van der Waals surface area (Å²) < 4.78 is 6.93. The largest absolute Gasteiger partial charge is 0.383 e. The number of benzene rings is 1. The third-order valence-electron chi connectivity index (χ3n) is 3.33. The Morgan fingerprint density at radius 3 is 2.91 bits per heavy atom. The Kier molecular flexibility index (Phi) is 4.26. The third kappa shape index (κ3) is 2.77. The fourth-order valence-electron chi connectivity index (χ4n) is 2.29. The standard InChI is InChI=1S/C15H19N5OS/c1-19(2)12-7-5-4-6-11(12)13-10-17-15-20(13)18-14(22-15)16-8-9-21-3/h4-7,10H,8-9H2,1-3H3,(H,16,18). The van der Waals surface area contributed by atoms with Gasteiger partial charge in [0.25, 0.3) is 0 Å². The lowest BCUT2D eigenvalue weighted by Gasteiger charge is -2.16. The second-order valence-corrected chi connectivity index (χ2v) is 6.03. The highest BCUT2D eigenvalue weighted by atomic mass is 32.1. The molecular formula is C15H19N5OS. The van der Waals surface area contributed by atoms with Crippen LogP contribution in [0.5, 0.6) is 0 Å². The number of nitrogens with one attached hydrogen (secondary N) is 1. The summed E-state index contributed by atoms with van der Waals surface area (Å²) in [5.74, 6) is 0. The summed E-state index contributed by atoms with van der Waals surface area (Å²) in [6, 6.07) is 8.26. The highest BCUT2D eigenvalue weighted by Crippen LogP contribution is 2.31. The Morgan fingerprint density at radius 1 is 1.32 bits per heavy atom. The van der Waals surface area contributed by atoms with Crippen LogP contribution in [0.2, 0.25) is 0 Å². The van der Waals surface area contributed by atoms with Crippen LogP contribution in [0.3, 0.4) is 0 Å². The molecule has 0 amide bonds. The molecule has 1 N–H and O–H groups in total. The number of nitrogens with zero attached hydrogens (tertiary/aromatic N) is 4. The molecule has 0 bridgehead atoms. The first-order valence-electron chi connectivity index (χ1n) is 7.05. The van der Waals surface area contributed by atoms with Crippen LogP contribution in [-0.4, -0.2) is 49.0 Å². The van der Waals surface area contributed by atoms with Crippen LogP contribution < -0.4 is 10.2 Å². The lowest BCUT2D eigenvalue weighted by Crippen LogP contribution is -2.10. The van der Waals surface area contributed by atoms with E-state index in [1.807, 2.05) is 36.9 Å². The summed E-state index contributed by atoms with van der Waals surface area (Å²) >= 11 is 1.54. The fourth-order valence-corrected chi connectivity index (χ4v) is 3.09. The maximum atomic E-state index is 5.04. The molecule has 7 heteroatoms. The molecule has 0 saturated carbocycles. The fraction of sp³-hybridized carbons (Fsp3) is 0.333. The summed E-state index contributed by atoms with van der Waals surface area (Å²) in [6.45, 7) is 1.38. The lowest BCUT2D eigenvalue weighted by molar-refractivity contribution is 0.210. The second kappa shape index (κ2) is 6.33. The van der Waals surface area contributed by atoms with Gasteiger partial charge in [-0.15, -0.1) is 5.10 Å². The van der Waals surface area contributed by atoms with Crippen LogP contribution in [-0.2, 0) is 4.74 Å². The van der Waals surface area contributed by atoms with Gasteiger partial charge >= 0.3 is 0 Å². The van der Waals surface area contributed by atoms with E-state index >= 15 is 0 Å². The zero-order chi connectivity index (χ0) is 15.5. The zero-order valence-electron chi connectivity index (χ0n) is 12.9. The van der Waals surface area contributed by atoms with Gasteiger partial charge in [-0.2, -0.15) is 0 Å². The molecule has 1 aromatic carbocycles. The van der Waals surface area contributed by atoms with Crippen molar-refractivity contribution in [3.63, 3.8) is 0 Å². The number of hydrogen-bond acceptors (Lipinski definition) is 6. The Balaban J connectivity index is 1.98. The number of aromatic nitrogens is 3. The SMILES string of the molecule is COCCNc1nn2c(-c3ccccc3N(C)C)cnc2s1. The molecule has 0 aliphatic carbocycles. The van der Waals surface area contributed by atoms with E-state index in [9.17, 15) is 0 Å². The van der Waals surface area contributed by atoms with Crippen LogP contribution in [0.25, 0.3) is 16.2 Å². The first kappa shape index (κ1) is 14.8. The number of fused-ring (bicyclic) bond motifs is 1. The van der Waals surface area contributed by atoms with Crippen LogP contribution in [0.1, 0.15) is 0 Å². The Bertz CT molecular complexity index is 764. The van der Waals surface area contributed by atoms with E-state index in [-0.39, 0.29) is 0 Å². The van der Waals surface area contributed by atoms with Crippen LogP contribution in [0.15, 0.2) is 30.5 Å². The maximum absolute atomic E-state index is 5.04. The number of imidazole rings is 1. The van der Waals surface area contributed by atoms with E-state index in [2.05, 4.69) is 32.4 Å². The van der Waals surface area contributed by atoms with Gasteiger partial charge in [0.05, 0.1) is 18.5 Å². The van der Waals surface area contributed by atoms with Crippen molar-refractivity contribution in [2.75, 3.05) is 44.6 Å². The first-order valence-corrected chi connectivity index (χ1v) is 7.86. The van der Waals surface area contributed by atoms with Gasteiger partial charge < -0.3 is 15.0 Å². The zero-order valence-corrected chi connectivity index (χ0v) is 13.7. The van der Waals surface area contributed by atoms with E-state index in [1.165, 1.54) is 11.3 Å². The van der Waals surface area contributed by atoms with E-state index < -0.39 is 0 Å². The first-order chi connectivity index (χ1) is 10.7. The lowest BCUT2D eigenvalue weighted by atomic mass is 10.1. The Hall–Kier alpha value is -2.12. The van der Waals surface area contributed by atoms with Crippen molar-refractivity contribution in [2.45, 2.75) is 0 Å². The smallest absolute Gasteiger partial charge is 0.214 e. The molecule has 6 nitrogen and oxygen atoms in total. The van der Waals surface area contributed by atoms with Crippen molar-refractivity contribution in [1.82, 2.24) is 14.6 Å². The summed E-state index contributed by atoms with van der Waals surface area (Å²) in [5, 5.41) is 8.71. The van der Waals surface area contributed by atoms with Crippen LogP contribution in [0.4, 0.5) is 10.8 Å². The molecule has 0 unspecified atom stereocenters. The second-order valence-electron chi connectivity index (χ2n) is 5.08. The molecule has 0 aliphatic heterocycles. The number of rotatable bonds is 6. The topological polar surface area (TPSA) is 54.7 Å². The normalized spacial score (nSPS) is 11.0. The van der Waals surface area contributed by atoms with Crippen molar-refractivity contribution >= 4 is 27.1 Å². The van der Waals surface area contributed by atoms with Crippen LogP contribution in [0, 0.1) is 0 Å². The molecule has 3 aromatic rings. The summed E-state index contributed by atoms with van der Waals surface area (Å²) in [7, 11) is 5.76. The minimum Gasteiger partial charge on any atom is -0.383 e. The number of anilines is 2. The monoisotopic (exact) mass is 317 g/mol. The average Bonchev–Trinajstić information content (AvgIpc) is 3.07. The number of hydrogen-bond donors (Lipinski definition) is 1. The van der Waals surface area contributed by atoms with E-state index in [1.54, 1.807) is 7.11 Å². The molecule has 0 atom stereocenters. The van der Waals surface area contributed by atoms with Crippen molar-refractivity contribution in [1.29, 1.82) is 0 Å². The molecule has 0 spiro atoms. The minimum absolute atomic E-state index is 0.651. The number of para-hydroxylation sites is 1. The predicted molar refractivity (Wildman–Crippen MR) is 91.0 cm³/mol. The number of ether oxygens (including phenoxy) is 1. The summed E-state index contributed by atoms with van der Waals surface area (Å²) in [4.78, 5) is 7.45. The molecule has 3 rings (SSSR count). The molecule has 0 radical (unpaired) electrons. The van der Waals surface area contributed by atoms with E-state index in [4.69, 9.17) is 4.74 Å². The minimum atomic E-state index is 0.651. The molecule has 0 saturated heterocycles. The Morgan fingerprint density at radius 2 is 2.14 bits per heavy atom. The molecule has 116 valence electrons. The van der Waals surface area contributed by atoms with E-state index in [0.717, 1.165) is 33.6 Å². The van der Waals surface area contributed by atoms with Crippen molar-refractivity contribution in [3.05, 3.63) is 30.5 Å². The van der Waals surface area contributed by atoms with Crippen molar-refractivity contribution in [2.24, 2.45) is 0 Å². The highest BCUT2D eigenvalue weighted by Gasteiger charge is 2.14.